The second kappa shape index (κ2) is 5.74. The molecule has 9 heteroatoms. The number of ether oxygens (including phenoxy) is 1. The fourth-order valence-electron chi connectivity index (χ4n) is 1.69. The minimum absolute atomic E-state index is 0.656. The number of aliphatic hydroxyl groups excluding tert-OH is 7. The molecule has 1 rings (SSSR count). The molecule has 0 heterocycles. The molecule has 0 saturated heterocycles. The molecule has 0 radical (unpaired) electrons. The van der Waals surface area contributed by atoms with Crippen molar-refractivity contribution < 1.29 is 45.6 Å². The highest BCUT2D eigenvalue weighted by molar-refractivity contribution is 5.03. The first-order valence-corrected chi connectivity index (χ1v) is 5.31. The van der Waals surface area contributed by atoms with Crippen LogP contribution in [0.1, 0.15) is 0 Å². The monoisotopic (exact) mass is 270 g/mol. The van der Waals surface area contributed by atoms with E-state index in [1.165, 1.54) is 0 Å². The highest BCUT2D eigenvalue weighted by Gasteiger charge is 2.58. The van der Waals surface area contributed by atoms with Gasteiger partial charge in [-0.1, -0.05) is 0 Å². The number of rotatable bonds is 4. The van der Waals surface area contributed by atoms with Gasteiger partial charge in [0.05, 0.1) is 13.2 Å². The zero-order chi connectivity index (χ0) is 14.1. The summed E-state index contributed by atoms with van der Waals surface area (Å²) in [6.07, 6.45) is -11.3. The highest BCUT2D eigenvalue weighted by Crippen LogP contribution is 2.31. The lowest BCUT2D eigenvalue weighted by Crippen LogP contribution is -2.72. The molecule has 7 atom stereocenters. The smallest absolute Gasteiger partial charge is 0.224 e. The first-order chi connectivity index (χ1) is 8.25. The molecule has 8 N–H and O–H groups in total. The third kappa shape index (κ3) is 2.64. The molecule has 0 bridgehead atoms. The normalized spacial score (nSPS) is 47.0. The van der Waals surface area contributed by atoms with E-state index in [-0.39, 0.29) is 0 Å². The van der Waals surface area contributed by atoms with E-state index in [0.29, 0.717) is 0 Å². The van der Waals surface area contributed by atoms with Gasteiger partial charge < -0.3 is 45.6 Å². The summed E-state index contributed by atoms with van der Waals surface area (Å²) in [5.41, 5.74) is 0. The van der Waals surface area contributed by atoms with E-state index >= 15 is 0 Å². The van der Waals surface area contributed by atoms with Gasteiger partial charge in [-0.15, -0.1) is 0 Å². The van der Waals surface area contributed by atoms with Gasteiger partial charge in [0.15, 0.2) is 0 Å². The molecule has 1 aliphatic rings. The molecule has 1 aliphatic carbocycles. The lowest BCUT2D eigenvalue weighted by molar-refractivity contribution is -0.364. The van der Waals surface area contributed by atoms with E-state index in [1.54, 1.807) is 0 Å². The molecule has 1 saturated carbocycles. The van der Waals surface area contributed by atoms with Crippen LogP contribution in [0.25, 0.3) is 0 Å². The molecule has 18 heavy (non-hydrogen) atoms. The summed E-state index contributed by atoms with van der Waals surface area (Å²) in [4.78, 5) is 0. The second-order valence-corrected chi connectivity index (χ2v) is 4.26. The first kappa shape index (κ1) is 15.7. The SMILES string of the molecule is OCC(O)COC1(O)[C@H](O)[C@H](O)C(O)[C@H](O)[C@H]1O. The second-order valence-electron chi connectivity index (χ2n) is 4.26. The first-order valence-electron chi connectivity index (χ1n) is 5.31. The summed E-state index contributed by atoms with van der Waals surface area (Å²) >= 11 is 0. The van der Waals surface area contributed by atoms with E-state index in [2.05, 4.69) is 4.74 Å². The van der Waals surface area contributed by atoms with Crippen LogP contribution < -0.4 is 0 Å². The molecule has 108 valence electrons. The highest BCUT2D eigenvalue weighted by atomic mass is 16.7. The predicted molar refractivity (Wildman–Crippen MR) is 54.0 cm³/mol. The van der Waals surface area contributed by atoms with E-state index in [4.69, 9.17) is 10.2 Å². The Morgan fingerprint density at radius 2 is 1.39 bits per heavy atom. The third-order valence-electron chi connectivity index (χ3n) is 2.91. The summed E-state index contributed by atoms with van der Waals surface area (Å²) in [5.74, 6) is -2.77. The Balaban J connectivity index is 2.82. The Labute approximate surface area is 102 Å². The molecule has 0 amide bonds. The Morgan fingerprint density at radius 3 is 1.78 bits per heavy atom. The zero-order valence-electron chi connectivity index (χ0n) is 9.36. The van der Waals surface area contributed by atoms with Crippen molar-refractivity contribution in [2.75, 3.05) is 13.2 Å². The van der Waals surface area contributed by atoms with Gasteiger partial charge in [-0.2, -0.15) is 0 Å². The van der Waals surface area contributed by atoms with Gasteiger partial charge in [0.25, 0.3) is 0 Å². The quantitative estimate of drug-likeness (QED) is 0.232. The Morgan fingerprint density at radius 1 is 0.944 bits per heavy atom. The van der Waals surface area contributed by atoms with Crippen molar-refractivity contribution in [3.63, 3.8) is 0 Å². The van der Waals surface area contributed by atoms with Crippen molar-refractivity contribution in [1.82, 2.24) is 0 Å². The van der Waals surface area contributed by atoms with Crippen LogP contribution in [-0.2, 0) is 4.74 Å². The lowest BCUT2D eigenvalue weighted by Gasteiger charge is -2.47. The van der Waals surface area contributed by atoms with E-state index in [1.807, 2.05) is 0 Å². The molecule has 0 spiro atoms. The van der Waals surface area contributed by atoms with Crippen molar-refractivity contribution in [3.8, 4) is 0 Å². The summed E-state index contributed by atoms with van der Waals surface area (Å²) in [6, 6.07) is 0. The molecule has 9 nitrogen and oxygen atoms in total. The molecule has 1 fully saturated rings. The van der Waals surface area contributed by atoms with Gasteiger partial charge >= 0.3 is 0 Å². The number of aliphatic hydroxyl groups is 8. The largest absolute Gasteiger partial charge is 0.394 e. The van der Waals surface area contributed by atoms with Crippen LogP contribution in [0.5, 0.6) is 0 Å². The molecule has 0 aliphatic heterocycles. The van der Waals surface area contributed by atoms with Gasteiger partial charge in [-0.25, -0.2) is 0 Å². The Hall–Kier alpha value is -0.360. The molecular weight excluding hydrogens is 252 g/mol. The summed E-state index contributed by atoms with van der Waals surface area (Å²) in [7, 11) is 0. The standard InChI is InChI=1S/C9H18O9/c10-1-3(11)2-18-9(17)7(15)5(13)4(12)6(14)8(9)16/h3-8,10-17H,1-2H2/t3?,4?,5-,6+,7-,8-,9?/m1/s1. The maximum atomic E-state index is 9.87. The summed E-state index contributed by atoms with van der Waals surface area (Å²) < 4.78 is 4.65. The van der Waals surface area contributed by atoms with Crippen LogP contribution in [0.4, 0.5) is 0 Å². The predicted octanol–water partition coefficient (Wildman–Crippen LogP) is -5.14. The van der Waals surface area contributed by atoms with Gasteiger partial charge in [-0.05, 0) is 0 Å². The maximum Gasteiger partial charge on any atom is 0.224 e. The zero-order valence-corrected chi connectivity index (χ0v) is 9.36. The minimum Gasteiger partial charge on any atom is -0.394 e. The van der Waals surface area contributed by atoms with Crippen molar-refractivity contribution >= 4 is 0 Å². The number of hydrogen-bond acceptors (Lipinski definition) is 9. The van der Waals surface area contributed by atoms with Crippen LogP contribution in [0, 0.1) is 0 Å². The fraction of sp³-hybridized carbons (Fsp3) is 1.00. The van der Waals surface area contributed by atoms with Crippen molar-refractivity contribution in [1.29, 1.82) is 0 Å². The van der Waals surface area contributed by atoms with Crippen LogP contribution in [0.15, 0.2) is 0 Å². The third-order valence-corrected chi connectivity index (χ3v) is 2.91. The van der Waals surface area contributed by atoms with E-state index < -0.39 is 55.6 Å². The lowest BCUT2D eigenvalue weighted by atomic mass is 9.82. The van der Waals surface area contributed by atoms with Crippen molar-refractivity contribution in [2.24, 2.45) is 0 Å². The average Bonchev–Trinajstić information content (AvgIpc) is 2.38. The van der Waals surface area contributed by atoms with E-state index in [0.717, 1.165) is 0 Å². The summed E-state index contributed by atoms with van der Waals surface area (Å²) in [5, 5.41) is 74.5. The summed E-state index contributed by atoms with van der Waals surface area (Å²) in [6.45, 7) is -1.34. The topological polar surface area (TPSA) is 171 Å². The van der Waals surface area contributed by atoms with Gasteiger partial charge in [0, 0.05) is 0 Å². The van der Waals surface area contributed by atoms with Crippen LogP contribution in [0.2, 0.25) is 0 Å². The van der Waals surface area contributed by atoms with E-state index in [9.17, 15) is 30.6 Å². The molecule has 3 unspecified atom stereocenters. The van der Waals surface area contributed by atoms with Crippen LogP contribution in [-0.4, -0.2) is 96.5 Å². The maximum absolute atomic E-state index is 9.87. The average molecular weight is 270 g/mol. The molecule has 0 aromatic rings. The van der Waals surface area contributed by atoms with Crippen LogP contribution in [0.3, 0.4) is 0 Å². The van der Waals surface area contributed by atoms with Crippen molar-refractivity contribution in [2.45, 2.75) is 42.4 Å². The van der Waals surface area contributed by atoms with Crippen molar-refractivity contribution in [3.05, 3.63) is 0 Å². The van der Waals surface area contributed by atoms with Crippen LogP contribution >= 0.6 is 0 Å². The Kier molecular flexibility index (Phi) is 5.00. The molecule has 0 aromatic carbocycles. The molecule has 0 aromatic heterocycles. The van der Waals surface area contributed by atoms with Gasteiger partial charge in [0.2, 0.25) is 5.79 Å². The molecular formula is C9H18O9. The number of hydrogen-bond donors (Lipinski definition) is 8. The van der Waals surface area contributed by atoms with Gasteiger partial charge in [0.1, 0.15) is 36.6 Å². The minimum atomic E-state index is -2.77. The fourth-order valence-corrected chi connectivity index (χ4v) is 1.69. The Bertz CT molecular complexity index is 257. The van der Waals surface area contributed by atoms with Gasteiger partial charge in [-0.3, -0.25) is 0 Å².